The number of benzene rings is 2. The highest BCUT2D eigenvalue weighted by Gasteiger charge is 2.29. The fraction of sp³-hybridized carbons (Fsp3) is 0.0476. The van der Waals surface area contributed by atoms with Crippen molar-refractivity contribution in [1.29, 1.82) is 0 Å². The maximum atomic E-state index is 13.2. The molecule has 0 aliphatic heterocycles. The van der Waals surface area contributed by atoms with Gasteiger partial charge in [0, 0.05) is 28.2 Å². The molecule has 5 heteroatoms. The molecule has 0 amide bonds. The molecule has 1 atom stereocenters. The van der Waals surface area contributed by atoms with Gasteiger partial charge in [0.15, 0.2) is 6.10 Å². The number of aromatic nitrogens is 1. The van der Waals surface area contributed by atoms with Gasteiger partial charge in [0.05, 0.1) is 6.26 Å². The lowest BCUT2D eigenvalue weighted by Crippen LogP contribution is -2.20. The van der Waals surface area contributed by atoms with Gasteiger partial charge in [-0.3, -0.25) is 4.79 Å². The number of rotatable bonds is 5. The molecular formula is C21H15NO4. The van der Waals surface area contributed by atoms with E-state index in [2.05, 4.69) is 4.98 Å². The first-order valence-corrected chi connectivity index (χ1v) is 8.14. The number of ketones is 1. The highest BCUT2D eigenvalue weighted by Crippen LogP contribution is 2.28. The number of para-hydroxylation sites is 1. The summed E-state index contributed by atoms with van der Waals surface area (Å²) in [5, 5.41) is 0.785. The monoisotopic (exact) mass is 345 g/mol. The average Bonchev–Trinajstić information content (AvgIpc) is 3.36. The van der Waals surface area contributed by atoms with E-state index in [-0.39, 0.29) is 11.5 Å². The van der Waals surface area contributed by atoms with Gasteiger partial charge in [-0.2, -0.15) is 0 Å². The van der Waals surface area contributed by atoms with Crippen molar-refractivity contribution in [2.75, 3.05) is 0 Å². The molecular weight excluding hydrogens is 330 g/mol. The molecule has 26 heavy (non-hydrogen) atoms. The molecule has 0 aliphatic rings. The van der Waals surface area contributed by atoms with Crippen molar-refractivity contribution in [2.24, 2.45) is 0 Å². The predicted octanol–water partition coefficient (Wildman–Crippen LogP) is 4.54. The number of ether oxygens (including phenoxy) is 1. The molecule has 4 aromatic rings. The Morgan fingerprint density at radius 2 is 1.69 bits per heavy atom. The maximum absolute atomic E-state index is 13.2. The van der Waals surface area contributed by atoms with Crippen molar-refractivity contribution in [1.82, 2.24) is 4.98 Å². The zero-order valence-electron chi connectivity index (χ0n) is 13.7. The molecule has 0 saturated carbocycles. The molecule has 0 radical (unpaired) electrons. The number of esters is 1. The van der Waals surface area contributed by atoms with E-state index in [4.69, 9.17) is 9.15 Å². The predicted molar refractivity (Wildman–Crippen MR) is 95.9 cm³/mol. The topological polar surface area (TPSA) is 72.3 Å². The molecule has 0 saturated heterocycles. The number of carbonyl (C=O) groups excluding carboxylic acids is 2. The third-order valence-corrected chi connectivity index (χ3v) is 4.14. The lowest BCUT2D eigenvalue weighted by Gasteiger charge is -2.16. The summed E-state index contributed by atoms with van der Waals surface area (Å²) in [4.78, 5) is 28.6. The number of fused-ring (bicyclic) bond motifs is 1. The Morgan fingerprint density at radius 1 is 0.923 bits per heavy atom. The van der Waals surface area contributed by atoms with Gasteiger partial charge in [-0.05, 0) is 18.2 Å². The van der Waals surface area contributed by atoms with Gasteiger partial charge >= 0.3 is 5.97 Å². The van der Waals surface area contributed by atoms with Crippen LogP contribution in [-0.2, 0) is 4.74 Å². The Balaban J connectivity index is 1.73. The van der Waals surface area contributed by atoms with Crippen LogP contribution in [0.1, 0.15) is 32.6 Å². The second-order valence-corrected chi connectivity index (χ2v) is 5.79. The fourth-order valence-electron chi connectivity index (χ4n) is 2.88. The Kier molecular flexibility index (Phi) is 4.11. The second-order valence-electron chi connectivity index (χ2n) is 5.79. The summed E-state index contributed by atoms with van der Waals surface area (Å²) in [6, 6.07) is 19.5. The molecule has 0 spiro atoms. The van der Waals surface area contributed by atoms with Crippen molar-refractivity contribution >= 4 is 22.7 Å². The largest absolute Gasteiger partial charge is 0.457 e. The molecule has 0 fully saturated rings. The number of hydrogen-bond acceptors (Lipinski definition) is 4. The molecule has 128 valence electrons. The number of carbonyl (C=O) groups is 2. The third kappa shape index (κ3) is 2.91. The number of hydrogen-bond donors (Lipinski definition) is 1. The van der Waals surface area contributed by atoms with Crippen molar-refractivity contribution < 1.29 is 18.7 Å². The summed E-state index contributed by atoms with van der Waals surface area (Å²) in [6.45, 7) is 0. The quantitative estimate of drug-likeness (QED) is 0.426. The van der Waals surface area contributed by atoms with Crippen LogP contribution in [0.5, 0.6) is 0 Å². The SMILES string of the molecule is O=C(OC(C(=O)c1c[nH]c2ccccc12)c1ccccc1)c1ccco1. The van der Waals surface area contributed by atoms with Crippen LogP contribution in [0.25, 0.3) is 10.9 Å². The van der Waals surface area contributed by atoms with Crippen molar-refractivity contribution in [3.05, 3.63) is 96.1 Å². The lowest BCUT2D eigenvalue weighted by molar-refractivity contribution is 0.0251. The summed E-state index contributed by atoms with van der Waals surface area (Å²) in [5.74, 6) is -0.928. The van der Waals surface area contributed by atoms with Crippen molar-refractivity contribution in [2.45, 2.75) is 6.10 Å². The highest BCUT2D eigenvalue weighted by atomic mass is 16.6. The van der Waals surface area contributed by atoms with Crippen LogP contribution >= 0.6 is 0 Å². The Bertz CT molecular complexity index is 1050. The Morgan fingerprint density at radius 3 is 2.46 bits per heavy atom. The number of H-pyrrole nitrogens is 1. The summed E-state index contributed by atoms with van der Waals surface area (Å²) >= 11 is 0. The van der Waals surface area contributed by atoms with Crippen molar-refractivity contribution in [3.63, 3.8) is 0 Å². The number of furan rings is 1. The standard InChI is InChI=1S/C21H15NO4/c23-19(16-13-22-17-10-5-4-9-15(16)17)20(14-7-2-1-3-8-14)26-21(24)18-11-6-12-25-18/h1-13,20,22H. The first-order chi connectivity index (χ1) is 12.7. The molecule has 5 nitrogen and oxygen atoms in total. The molecule has 2 aromatic heterocycles. The van der Waals surface area contributed by atoms with E-state index in [1.54, 1.807) is 36.5 Å². The lowest BCUT2D eigenvalue weighted by atomic mass is 9.99. The summed E-state index contributed by atoms with van der Waals surface area (Å²) < 4.78 is 10.6. The molecule has 0 bridgehead atoms. The summed E-state index contributed by atoms with van der Waals surface area (Å²) in [6.07, 6.45) is 1.97. The van der Waals surface area contributed by atoms with Crippen LogP contribution in [-0.4, -0.2) is 16.7 Å². The first kappa shape index (κ1) is 15.9. The Hall–Kier alpha value is -3.60. The normalized spacial score (nSPS) is 12.0. The molecule has 2 aromatic carbocycles. The van der Waals surface area contributed by atoms with Gasteiger partial charge in [0.25, 0.3) is 0 Å². The maximum Gasteiger partial charge on any atom is 0.375 e. The smallest absolute Gasteiger partial charge is 0.375 e. The number of nitrogens with one attached hydrogen (secondary N) is 1. The minimum absolute atomic E-state index is 0.0534. The zero-order chi connectivity index (χ0) is 17.9. The van der Waals surface area contributed by atoms with E-state index in [9.17, 15) is 9.59 Å². The van der Waals surface area contributed by atoms with Gasteiger partial charge in [0.1, 0.15) is 0 Å². The van der Waals surface area contributed by atoms with Crippen LogP contribution < -0.4 is 0 Å². The second kappa shape index (κ2) is 6.72. The summed E-state index contributed by atoms with van der Waals surface area (Å²) in [7, 11) is 0. The first-order valence-electron chi connectivity index (χ1n) is 8.14. The summed E-state index contributed by atoms with van der Waals surface area (Å²) in [5.41, 5.74) is 1.92. The molecule has 0 aliphatic carbocycles. The fourth-order valence-corrected chi connectivity index (χ4v) is 2.88. The van der Waals surface area contributed by atoms with Crippen LogP contribution in [0.4, 0.5) is 0 Å². The van der Waals surface area contributed by atoms with E-state index in [1.807, 2.05) is 30.3 Å². The van der Waals surface area contributed by atoms with E-state index >= 15 is 0 Å². The van der Waals surface area contributed by atoms with Gasteiger partial charge in [0.2, 0.25) is 11.5 Å². The molecule has 2 heterocycles. The van der Waals surface area contributed by atoms with Gasteiger partial charge in [-0.1, -0.05) is 48.5 Å². The molecule has 1 N–H and O–H groups in total. The molecule has 4 rings (SSSR count). The Labute approximate surface area is 149 Å². The number of Topliss-reactive ketones (excluding diaryl/α,β-unsaturated/α-hetero) is 1. The van der Waals surface area contributed by atoms with Gasteiger partial charge < -0.3 is 14.1 Å². The van der Waals surface area contributed by atoms with Gasteiger partial charge in [-0.15, -0.1) is 0 Å². The van der Waals surface area contributed by atoms with Crippen LogP contribution in [0.2, 0.25) is 0 Å². The third-order valence-electron chi connectivity index (χ3n) is 4.14. The van der Waals surface area contributed by atoms with Crippen molar-refractivity contribution in [3.8, 4) is 0 Å². The average molecular weight is 345 g/mol. The highest BCUT2D eigenvalue weighted by molar-refractivity contribution is 6.10. The van der Waals surface area contributed by atoms with E-state index in [1.165, 1.54) is 12.3 Å². The van der Waals surface area contributed by atoms with Gasteiger partial charge in [-0.25, -0.2) is 4.79 Å². The van der Waals surface area contributed by atoms with Crippen LogP contribution in [0.3, 0.4) is 0 Å². The molecule has 1 unspecified atom stereocenters. The van der Waals surface area contributed by atoms with E-state index in [0.29, 0.717) is 11.1 Å². The van der Waals surface area contributed by atoms with Crippen LogP contribution in [0.15, 0.2) is 83.6 Å². The minimum Gasteiger partial charge on any atom is -0.457 e. The van der Waals surface area contributed by atoms with E-state index < -0.39 is 12.1 Å². The van der Waals surface area contributed by atoms with Crippen LogP contribution in [0, 0.1) is 0 Å². The zero-order valence-corrected chi connectivity index (χ0v) is 13.7. The number of aromatic amines is 1. The van der Waals surface area contributed by atoms with E-state index in [0.717, 1.165) is 10.9 Å². The minimum atomic E-state index is -1.06.